The number of nitrogens with zero attached hydrogens (tertiary/aromatic N) is 2. The summed E-state index contributed by atoms with van der Waals surface area (Å²) in [6.45, 7) is 6.07. The number of amides is 3. The summed E-state index contributed by atoms with van der Waals surface area (Å²) in [6, 6.07) is 10.0. The zero-order chi connectivity index (χ0) is 21.3. The summed E-state index contributed by atoms with van der Waals surface area (Å²) in [4.78, 5) is 41.2. The number of fused-ring (bicyclic) bond motifs is 1. The van der Waals surface area contributed by atoms with Crippen LogP contribution in [0.15, 0.2) is 42.5 Å². The van der Waals surface area contributed by atoms with Gasteiger partial charge in [0.05, 0.1) is 11.1 Å². The van der Waals surface area contributed by atoms with E-state index in [1.807, 2.05) is 4.90 Å². The summed E-state index contributed by atoms with van der Waals surface area (Å²) in [5.74, 6) is -1.64. The minimum atomic E-state index is -0.664. The summed E-state index contributed by atoms with van der Waals surface area (Å²) in [5.41, 5.74) is 1.51. The number of carbonyl (C=O) groups excluding carboxylic acids is 3. The van der Waals surface area contributed by atoms with Crippen LogP contribution in [0.1, 0.15) is 39.2 Å². The van der Waals surface area contributed by atoms with Crippen LogP contribution in [0.4, 0.5) is 10.1 Å². The van der Waals surface area contributed by atoms with Crippen LogP contribution in [0.5, 0.6) is 0 Å². The molecule has 1 fully saturated rings. The molecule has 156 valence electrons. The molecule has 2 aromatic carbocycles. The van der Waals surface area contributed by atoms with Gasteiger partial charge in [-0.15, -0.1) is 0 Å². The lowest BCUT2D eigenvalue weighted by Gasteiger charge is -2.38. The number of hydrogen-bond donors (Lipinski definition) is 2. The highest BCUT2D eigenvalue weighted by Gasteiger charge is 2.31. The molecule has 1 atom stereocenters. The molecule has 4 rings (SSSR count). The number of piperazine rings is 1. The standard InChI is InChI=1S/C22H23FN4O3/c1-2-26-8-10-27(11-9-26)19(14-4-3-5-15(23)12-14)22(30)24-16-6-7-17-18(13-16)21(29)25-20(17)28/h3-7,12-13,19H,2,8-11H2,1H3,(H,24,30)(H,25,28,29). The van der Waals surface area contributed by atoms with Crippen LogP contribution in [0.3, 0.4) is 0 Å². The Morgan fingerprint density at radius 2 is 1.80 bits per heavy atom. The highest BCUT2D eigenvalue weighted by Crippen LogP contribution is 2.26. The quantitative estimate of drug-likeness (QED) is 0.738. The predicted octanol–water partition coefficient (Wildman–Crippen LogP) is 2.03. The lowest BCUT2D eigenvalue weighted by molar-refractivity contribution is -0.122. The number of halogens is 1. The number of benzene rings is 2. The Bertz CT molecular complexity index is 1000. The van der Waals surface area contributed by atoms with E-state index in [1.54, 1.807) is 18.2 Å². The van der Waals surface area contributed by atoms with Crippen LogP contribution in [0, 0.1) is 5.82 Å². The number of anilines is 1. The molecule has 0 radical (unpaired) electrons. The maximum atomic E-state index is 13.9. The molecule has 1 unspecified atom stereocenters. The summed E-state index contributed by atoms with van der Waals surface area (Å²) < 4.78 is 13.9. The van der Waals surface area contributed by atoms with E-state index in [1.165, 1.54) is 24.3 Å². The molecular weight excluding hydrogens is 387 g/mol. The summed E-state index contributed by atoms with van der Waals surface area (Å²) >= 11 is 0. The van der Waals surface area contributed by atoms with E-state index in [4.69, 9.17) is 0 Å². The number of likely N-dealkylation sites (N-methyl/N-ethyl adjacent to an activating group) is 1. The van der Waals surface area contributed by atoms with E-state index in [0.717, 1.165) is 19.6 Å². The van der Waals surface area contributed by atoms with Crippen LogP contribution in [-0.4, -0.2) is 60.2 Å². The SMILES string of the molecule is CCN1CCN(C(C(=O)Nc2ccc3c(c2)C(=O)NC3=O)c2cccc(F)c2)CC1. The molecule has 2 aliphatic rings. The smallest absolute Gasteiger partial charge is 0.259 e. The molecule has 8 heteroatoms. The number of carbonyl (C=O) groups is 3. The Labute approximate surface area is 173 Å². The van der Waals surface area contributed by atoms with Crippen LogP contribution < -0.4 is 10.6 Å². The van der Waals surface area contributed by atoms with Crippen LogP contribution in [0.25, 0.3) is 0 Å². The van der Waals surface area contributed by atoms with Gasteiger partial charge in [-0.05, 0) is 42.4 Å². The first-order valence-electron chi connectivity index (χ1n) is 9.98. The third-order valence-corrected chi connectivity index (χ3v) is 5.64. The van der Waals surface area contributed by atoms with Crippen LogP contribution in [-0.2, 0) is 4.79 Å². The van der Waals surface area contributed by atoms with E-state index in [0.29, 0.717) is 24.3 Å². The van der Waals surface area contributed by atoms with Crippen molar-refractivity contribution >= 4 is 23.4 Å². The fraction of sp³-hybridized carbons (Fsp3) is 0.318. The van der Waals surface area contributed by atoms with Crippen molar-refractivity contribution in [2.75, 3.05) is 38.0 Å². The zero-order valence-electron chi connectivity index (χ0n) is 16.7. The molecule has 0 aromatic heterocycles. The molecule has 0 aliphatic carbocycles. The molecule has 30 heavy (non-hydrogen) atoms. The Hall–Kier alpha value is -3.10. The van der Waals surface area contributed by atoms with E-state index in [2.05, 4.69) is 22.5 Å². The van der Waals surface area contributed by atoms with Crippen LogP contribution >= 0.6 is 0 Å². The summed E-state index contributed by atoms with van der Waals surface area (Å²) in [7, 11) is 0. The van der Waals surface area contributed by atoms with Crippen molar-refractivity contribution in [2.24, 2.45) is 0 Å². The van der Waals surface area contributed by atoms with Gasteiger partial charge >= 0.3 is 0 Å². The fourth-order valence-corrected chi connectivity index (χ4v) is 4.00. The second kappa shape index (κ2) is 8.33. The van der Waals surface area contributed by atoms with Gasteiger partial charge in [0.2, 0.25) is 5.91 Å². The van der Waals surface area contributed by atoms with E-state index >= 15 is 0 Å². The summed E-state index contributed by atoms with van der Waals surface area (Å²) in [6.07, 6.45) is 0. The number of nitrogens with one attached hydrogen (secondary N) is 2. The third-order valence-electron chi connectivity index (χ3n) is 5.64. The Morgan fingerprint density at radius 1 is 1.07 bits per heavy atom. The molecule has 2 aliphatic heterocycles. The van der Waals surface area contributed by atoms with E-state index in [-0.39, 0.29) is 17.0 Å². The third kappa shape index (κ3) is 3.96. The Kier molecular flexibility index (Phi) is 5.61. The van der Waals surface area contributed by atoms with Gasteiger partial charge in [0, 0.05) is 31.9 Å². The molecule has 2 heterocycles. The average molecular weight is 410 g/mol. The molecule has 3 amide bonds. The van der Waals surface area contributed by atoms with Crippen molar-refractivity contribution < 1.29 is 18.8 Å². The maximum Gasteiger partial charge on any atom is 0.259 e. The van der Waals surface area contributed by atoms with Crippen molar-refractivity contribution in [3.63, 3.8) is 0 Å². The molecule has 2 aromatic rings. The number of imide groups is 1. The van der Waals surface area contributed by atoms with Crippen molar-refractivity contribution in [3.8, 4) is 0 Å². The highest BCUT2D eigenvalue weighted by atomic mass is 19.1. The van der Waals surface area contributed by atoms with Crippen molar-refractivity contribution in [1.82, 2.24) is 15.1 Å². The minimum Gasteiger partial charge on any atom is -0.324 e. The van der Waals surface area contributed by atoms with Gasteiger partial charge in [-0.3, -0.25) is 24.6 Å². The fourth-order valence-electron chi connectivity index (χ4n) is 4.00. The second-order valence-electron chi connectivity index (χ2n) is 7.46. The molecule has 7 nitrogen and oxygen atoms in total. The van der Waals surface area contributed by atoms with E-state index in [9.17, 15) is 18.8 Å². The number of rotatable bonds is 5. The van der Waals surface area contributed by atoms with Gasteiger partial charge in [0.1, 0.15) is 11.9 Å². The van der Waals surface area contributed by atoms with Gasteiger partial charge in [-0.1, -0.05) is 19.1 Å². The average Bonchev–Trinajstić information content (AvgIpc) is 3.02. The van der Waals surface area contributed by atoms with Crippen molar-refractivity contribution in [1.29, 1.82) is 0 Å². The molecule has 2 N–H and O–H groups in total. The van der Waals surface area contributed by atoms with Gasteiger partial charge in [0.25, 0.3) is 11.8 Å². The first-order valence-corrected chi connectivity index (χ1v) is 9.98. The summed E-state index contributed by atoms with van der Waals surface area (Å²) in [5, 5.41) is 5.07. The van der Waals surface area contributed by atoms with E-state index < -0.39 is 23.7 Å². The zero-order valence-corrected chi connectivity index (χ0v) is 16.7. The normalized spacial score (nSPS) is 18.1. The molecule has 1 saturated heterocycles. The minimum absolute atomic E-state index is 0.233. The van der Waals surface area contributed by atoms with Gasteiger partial charge in [-0.25, -0.2) is 4.39 Å². The second-order valence-corrected chi connectivity index (χ2v) is 7.46. The molecular formula is C22H23FN4O3. The number of hydrogen-bond acceptors (Lipinski definition) is 5. The van der Waals surface area contributed by atoms with Crippen molar-refractivity contribution in [3.05, 3.63) is 65.0 Å². The molecule has 0 bridgehead atoms. The first kappa shape index (κ1) is 20.2. The predicted molar refractivity (Wildman–Crippen MR) is 110 cm³/mol. The monoisotopic (exact) mass is 410 g/mol. The maximum absolute atomic E-state index is 13.9. The lowest BCUT2D eigenvalue weighted by atomic mass is 10.0. The van der Waals surface area contributed by atoms with Gasteiger partial charge in [0.15, 0.2) is 0 Å². The van der Waals surface area contributed by atoms with Crippen LogP contribution in [0.2, 0.25) is 0 Å². The topological polar surface area (TPSA) is 81.8 Å². The Morgan fingerprint density at radius 3 is 2.50 bits per heavy atom. The lowest BCUT2D eigenvalue weighted by Crippen LogP contribution is -2.49. The highest BCUT2D eigenvalue weighted by molar-refractivity contribution is 6.22. The van der Waals surface area contributed by atoms with Gasteiger partial charge in [-0.2, -0.15) is 0 Å². The first-order chi connectivity index (χ1) is 14.5. The largest absolute Gasteiger partial charge is 0.324 e. The molecule has 0 saturated carbocycles. The van der Waals surface area contributed by atoms with Crippen molar-refractivity contribution in [2.45, 2.75) is 13.0 Å². The molecule has 0 spiro atoms. The van der Waals surface area contributed by atoms with Gasteiger partial charge < -0.3 is 10.2 Å². The Balaban J connectivity index is 1.59.